The first-order chi connectivity index (χ1) is 10.0. The molecule has 0 amide bonds. The fourth-order valence-corrected chi connectivity index (χ4v) is 5.12. The number of ether oxygens (including phenoxy) is 1. The highest BCUT2D eigenvalue weighted by molar-refractivity contribution is 8.05. The van der Waals surface area contributed by atoms with Gasteiger partial charge in [-0.25, -0.2) is 0 Å². The van der Waals surface area contributed by atoms with E-state index in [0.29, 0.717) is 11.3 Å². The minimum absolute atomic E-state index is 0.216. The van der Waals surface area contributed by atoms with Crippen LogP contribution in [0.25, 0.3) is 0 Å². The number of hydrogen-bond acceptors (Lipinski definition) is 6. The molecule has 0 aromatic heterocycles. The molecule has 0 aliphatic heterocycles. The lowest BCUT2D eigenvalue weighted by Gasteiger charge is -2.24. The predicted molar refractivity (Wildman–Crippen MR) is 85.5 cm³/mol. The van der Waals surface area contributed by atoms with E-state index in [1.807, 2.05) is 0 Å². The van der Waals surface area contributed by atoms with Crippen molar-refractivity contribution in [2.45, 2.75) is 18.8 Å². The summed E-state index contributed by atoms with van der Waals surface area (Å²) in [5.41, 5.74) is 0.374. The van der Waals surface area contributed by atoms with Crippen molar-refractivity contribution in [2.75, 3.05) is 26.6 Å². The number of Topliss-reactive ketones (excluding diaryl/α,β-unsaturated/α-hetero) is 1. The van der Waals surface area contributed by atoms with Gasteiger partial charge in [0.25, 0.3) is 0 Å². The maximum atomic E-state index is 12.8. The second-order valence-electron chi connectivity index (χ2n) is 4.03. The quantitative estimate of drug-likeness (QED) is 0.506. The summed E-state index contributed by atoms with van der Waals surface area (Å²) in [6.07, 6.45) is 1.71. The highest BCUT2D eigenvalue weighted by Crippen LogP contribution is 2.57. The zero-order chi connectivity index (χ0) is 15.9. The first-order valence-corrected chi connectivity index (χ1v) is 9.52. The molecule has 7 heteroatoms. The molecule has 1 aromatic rings. The molecule has 0 N–H and O–H groups in total. The van der Waals surface area contributed by atoms with Crippen molar-refractivity contribution in [1.29, 1.82) is 0 Å². The summed E-state index contributed by atoms with van der Waals surface area (Å²) < 4.78 is 28.6. The molecule has 0 heterocycles. The summed E-state index contributed by atoms with van der Waals surface area (Å²) in [4.78, 5) is 11.8. The molecule has 0 aliphatic rings. The number of carbonyl (C=O) groups is 1. The van der Waals surface area contributed by atoms with Gasteiger partial charge in [0, 0.05) is 0 Å². The van der Waals surface area contributed by atoms with E-state index in [2.05, 4.69) is 0 Å². The molecular weight excluding hydrogens is 311 g/mol. The average molecular weight is 332 g/mol. The van der Waals surface area contributed by atoms with Crippen LogP contribution in [0.3, 0.4) is 0 Å². The standard InChI is InChI=1S/C14H21O5PS/c1-5-18-20(16,19-6-2)14(21-4)13(15)11-9-7-8-10-12(11)17-3/h7-10,14H,5-6H2,1-4H3. The fourth-order valence-electron chi connectivity index (χ4n) is 1.89. The highest BCUT2D eigenvalue weighted by atomic mass is 32.2. The topological polar surface area (TPSA) is 61.8 Å². The van der Waals surface area contributed by atoms with Crippen LogP contribution < -0.4 is 4.74 Å². The van der Waals surface area contributed by atoms with Gasteiger partial charge in [-0.1, -0.05) is 12.1 Å². The van der Waals surface area contributed by atoms with Crippen molar-refractivity contribution >= 4 is 25.1 Å². The second-order valence-corrected chi connectivity index (χ2v) is 7.43. The van der Waals surface area contributed by atoms with E-state index in [1.54, 1.807) is 44.4 Å². The number of thioether (sulfide) groups is 1. The Balaban J connectivity index is 3.18. The Morgan fingerprint density at radius 1 is 1.24 bits per heavy atom. The molecule has 0 saturated carbocycles. The zero-order valence-corrected chi connectivity index (χ0v) is 14.4. The number of methoxy groups -OCH3 is 1. The van der Waals surface area contributed by atoms with Crippen molar-refractivity contribution in [3.8, 4) is 5.75 Å². The molecule has 0 bridgehead atoms. The van der Waals surface area contributed by atoms with Crippen LogP contribution in [-0.2, 0) is 13.6 Å². The van der Waals surface area contributed by atoms with E-state index >= 15 is 0 Å². The Morgan fingerprint density at radius 2 is 1.81 bits per heavy atom. The van der Waals surface area contributed by atoms with E-state index in [0.717, 1.165) is 11.8 Å². The van der Waals surface area contributed by atoms with Gasteiger partial charge in [0.15, 0.2) is 10.8 Å². The van der Waals surface area contributed by atoms with Gasteiger partial charge in [-0.05, 0) is 32.2 Å². The van der Waals surface area contributed by atoms with Crippen LogP contribution in [0.2, 0.25) is 0 Å². The third-order valence-electron chi connectivity index (χ3n) is 2.73. The molecular formula is C14H21O5PS. The third-order valence-corrected chi connectivity index (χ3v) is 6.84. The summed E-state index contributed by atoms with van der Waals surface area (Å²) in [5, 5.41) is 0. The molecule has 118 valence electrons. The minimum Gasteiger partial charge on any atom is -0.496 e. The van der Waals surface area contributed by atoms with Gasteiger partial charge < -0.3 is 13.8 Å². The Bertz CT molecular complexity index is 510. The second kappa shape index (κ2) is 8.59. The van der Waals surface area contributed by atoms with E-state index in [-0.39, 0.29) is 19.0 Å². The van der Waals surface area contributed by atoms with Crippen LogP contribution >= 0.6 is 19.4 Å². The average Bonchev–Trinajstić information content (AvgIpc) is 2.48. The Kier molecular flexibility index (Phi) is 7.46. The normalized spacial score (nSPS) is 13.0. The zero-order valence-electron chi connectivity index (χ0n) is 12.7. The monoisotopic (exact) mass is 332 g/mol. The van der Waals surface area contributed by atoms with Crippen molar-refractivity contribution in [3.63, 3.8) is 0 Å². The largest absolute Gasteiger partial charge is 0.496 e. The first-order valence-electron chi connectivity index (χ1n) is 6.62. The van der Waals surface area contributed by atoms with Crippen molar-refractivity contribution in [2.24, 2.45) is 0 Å². The van der Waals surface area contributed by atoms with Crippen LogP contribution in [-0.4, -0.2) is 37.4 Å². The van der Waals surface area contributed by atoms with E-state index in [1.165, 1.54) is 7.11 Å². The third kappa shape index (κ3) is 4.33. The van der Waals surface area contributed by atoms with Gasteiger partial charge in [-0.3, -0.25) is 9.36 Å². The Hall–Kier alpha value is -0.810. The van der Waals surface area contributed by atoms with Crippen LogP contribution in [0.1, 0.15) is 24.2 Å². The van der Waals surface area contributed by atoms with E-state index in [4.69, 9.17) is 13.8 Å². The number of rotatable bonds is 9. The molecule has 21 heavy (non-hydrogen) atoms. The van der Waals surface area contributed by atoms with E-state index < -0.39 is 12.6 Å². The van der Waals surface area contributed by atoms with Gasteiger partial charge >= 0.3 is 7.60 Å². The van der Waals surface area contributed by atoms with Crippen molar-refractivity contribution < 1.29 is 23.1 Å². The molecule has 0 radical (unpaired) electrons. The van der Waals surface area contributed by atoms with Gasteiger partial charge in [0.05, 0.1) is 25.9 Å². The molecule has 1 atom stereocenters. The number of ketones is 1. The summed E-state index contributed by atoms with van der Waals surface area (Å²) in [5.74, 6) is 0.131. The summed E-state index contributed by atoms with van der Waals surface area (Å²) in [7, 11) is -2.03. The molecule has 1 unspecified atom stereocenters. The number of hydrogen-bond donors (Lipinski definition) is 0. The lowest BCUT2D eigenvalue weighted by atomic mass is 10.1. The van der Waals surface area contributed by atoms with Crippen LogP contribution in [0.4, 0.5) is 0 Å². The van der Waals surface area contributed by atoms with Crippen LogP contribution in [0.15, 0.2) is 24.3 Å². The molecule has 0 aliphatic carbocycles. The molecule has 5 nitrogen and oxygen atoms in total. The number of para-hydroxylation sites is 1. The maximum absolute atomic E-state index is 12.8. The van der Waals surface area contributed by atoms with Gasteiger partial charge in [0.2, 0.25) is 0 Å². The molecule has 0 spiro atoms. The highest BCUT2D eigenvalue weighted by Gasteiger charge is 2.41. The number of benzene rings is 1. The van der Waals surface area contributed by atoms with Crippen molar-refractivity contribution in [3.05, 3.63) is 29.8 Å². The fraction of sp³-hybridized carbons (Fsp3) is 0.500. The van der Waals surface area contributed by atoms with Crippen LogP contribution in [0.5, 0.6) is 5.75 Å². The van der Waals surface area contributed by atoms with Crippen molar-refractivity contribution in [1.82, 2.24) is 0 Å². The van der Waals surface area contributed by atoms with Gasteiger partial charge in [0.1, 0.15) is 5.75 Å². The molecule has 1 aromatic carbocycles. The smallest absolute Gasteiger partial charge is 0.351 e. The Labute approximate surface area is 129 Å². The summed E-state index contributed by atoms with van der Waals surface area (Å²) in [6, 6.07) is 6.84. The molecule has 0 fully saturated rings. The lowest BCUT2D eigenvalue weighted by Crippen LogP contribution is -2.21. The van der Waals surface area contributed by atoms with Gasteiger partial charge in [-0.15, -0.1) is 11.8 Å². The van der Waals surface area contributed by atoms with Crippen LogP contribution in [0, 0.1) is 0 Å². The summed E-state index contributed by atoms with van der Waals surface area (Å²) >= 11 is 1.16. The lowest BCUT2D eigenvalue weighted by molar-refractivity contribution is 0.0992. The minimum atomic E-state index is -3.52. The Morgan fingerprint density at radius 3 is 2.29 bits per heavy atom. The SMILES string of the molecule is CCOP(=O)(OCC)C(SC)C(=O)c1ccccc1OC. The maximum Gasteiger partial charge on any atom is 0.351 e. The first kappa shape index (κ1) is 18.2. The predicted octanol–water partition coefficient (Wildman–Crippen LogP) is 3.83. The summed E-state index contributed by atoms with van der Waals surface area (Å²) in [6.45, 7) is 3.87. The van der Waals surface area contributed by atoms with E-state index in [9.17, 15) is 9.36 Å². The molecule has 1 rings (SSSR count). The number of carbonyl (C=O) groups excluding carboxylic acids is 1. The van der Waals surface area contributed by atoms with Gasteiger partial charge in [-0.2, -0.15) is 0 Å². The molecule has 0 saturated heterocycles.